The predicted molar refractivity (Wildman–Crippen MR) is 38.1 cm³/mol. The van der Waals surface area contributed by atoms with Crippen molar-refractivity contribution in [2.24, 2.45) is 0 Å². The molecule has 1 aliphatic heterocycles. The van der Waals surface area contributed by atoms with E-state index >= 15 is 0 Å². The lowest BCUT2D eigenvalue weighted by molar-refractivity contribution is 0.131. The first-order chi connectivity index (χ1) is 4.75. The van der Waals surface area contributed by atoms with Crippen LogP contribution in [0, 0.1) is 0 Å². The molecule has 0 aromatic rings. The largest absolute Gasteiger partial charge is 0.476 e. The van der Waals surface area contributed by atoms with Gasteiger partial charge in [-0.15, -0.1) is 0 Å². The second-order valence-electron chi connectivity index (χ2n) is 2.40. The number of hydrogen-bond acceptors (Lipinski definition) is 3. The standard InChI is InChI=1S/C7H13NO2/c1-6-7(2)10-5-8(6)3-4-9/h9H,3-5H2,1-2H3. The zero-order chi connectivity index (χ0) is 7.56. The Bertz CT molecular complexity index is 154. The minimum Gasteiger partial charge on any atom is -0.476 e. The molecule has 0 bridgehead atoms. The van der Waals surface area contributed by atoms with E-state index in [-0.39, 0.29) is 6.61 Å². The van der Waals surface area contributed by atoms with Gasteiger partial charge in [0.15, 0.2) is 6.73 Å². The van der Waals surface area contributed by atoms with Crippen molar-refractivity contribution in [2.45, 2.75) is 13.8 Å². The molecular weight excluding hydrogens is 130 g/mol. The van der Waals surface area contributed by atoms with Crippen LogP contribution in [0.25, 0.3) is 0 Å². The number of aliphatic hydroxyl groups excluding tert-OH is 1. The Hall–Kier alpha value is -0.700. The molecule has 3 heteroatoms. The van der Waals surface area contributed by atoms with Gasteiger partial charge in [0.1, 0.15) is 5.76 Å². The molecule has 0 amide bonds. The number of nitrogens with zero attached hydrogens (tertiary/aromatic N) is 1. The first-order valence-electron chi connectivity index (χ1n) is 3.42. The van der Waals surface area contributed by atoms with Crippen LogP contribution in [0.15, 0.2) is 11.5 Å². The predicted octanol–water partition coefficient (Wildman–Crippen LogP) is 0.520. The minimum atomic E-state index is 0.188. The van der Waals surface area contributed by atoms with E-state index in [9.17, 15) is 0 Å². The van der Waals surface area contributed by atoms with Crippen molar-refractivity contribution in [1.82, 2.24) is 4.90 Å². The quantitative estimate of drug-likeness (QED) is 0.611. The maximum Gasteiger partial charge on any atom is 0.161 e. The summed E-state index contributed by atoms with van der Waals surface area (Å²) < 4.78 is 5.22. The average Bonchev–Trinajstić information content (AvgIpc) is 2.20. The van der Waals surface area contributed by atoms with E-state index in [0.717, 1.165) is 11.5 Å². The molecule has 1 N–H and O–H groups in total. The Morgan fingerprint density at radius 3 is 2.70 bits per heavy atom. The van der Waals surface area contributed by atoms with E-state index in [4.69, 9.17) is 9.84 Å². The highest BCUT2D eigenvalue weighted by Gasteiger charge is 2.15. The van der Waals surface area contributed by atoms with Crippen LogP contribution in [-0.4, -0.2) is 29.9 Å². The summed E-state index contributed by atoms with van der Waals surface area (Å²) in [7, 11) is 0. The number of hydrogen-bond donors (Lipinski definition) is 1. The Morgan fingerprint density at radius 2 is 2.30 bits per heavy atom. The molecule has 1 heterocycles. The van der Waals surface area contributed by atoms with Crippen molar-refractivity contribution in [2.75, 3.05) is 19.9 Å². The molecule has 0 aliphatic carbocycles. The van der Waals surface area contributed by atoms with Gasteiger partial charge in [0.2, 0.25) is 0 Å². The fourth-order valence-electron chi connectivity index (χ4n) is 0.952. The molecule has 0 aromatic carbocycles. The summed E-state index contributed by atoms with van der Waals surface area (Å²) in [6, 6.07) is 0. The van der Waals surface area contributed by atoms with Crippen LogP contribution in [0.4, 0.5) is 0 Å². The van der Waals surface area contributed by atoms with Crippen molar-refractivity contribution < 1.29 is 9.84 Å². The zero-order valence-corrected chi connectivity index (χ0v) is 6.42. The van der Waals surface area contributed by atoms with Gasteiger partial charge in [0.05, 0.1) is 12.3 Å². The van der Waals surface area contributed by atoms with E-state index in [1.165, 1.54) is 0 Å². The fourth-order valence-corrected chi connectivity index (χ4v) is 0.952. The van der Waals surface area contributed by atoms with Crippen molar-refractivity contribution in [1.29, 1.82) is 0 Å². The van der Waals surface area contributed by atoms with Gasteiger partial charge >= 0.3 is 0 Å². The summed E-state index contributed by atoms with van der Waals surface area (Å²) in [6.07, 6.45) is 0. The maximum absolute atomic E-state index is 8.61. The monoisotopic (exact) mass is 143 g/mol. The fraction of sp³-hybridized carbons (Fsp3) is 0.714. The van der Waals surface area contributed by atoms with E-state index in [1.807, 2.05) is 18.7 Å². The Kier molecular flexibility index (Phi) is 2.17. The summed E-state index contributed by atoms with van der Waals surface area (Å²) in [4.78, 5) is 2.01. The van der Waals surface area contributed by atoms with Crippen molar-refractivity contribution in [3.8, 4) is 0 Å². The van der Waals surface area contributed by atoms with Gasteiger partial charge in [-0.3, -0.25) is 0 Å². The minimum absolute atomic E-state index is 0.188. The molecule has 0 fully saturated rings. The lowest BCUT2D eigenvalue weighted by Crippen LogP contribution is -2.22. The van der Waals surface area contributed by atoms with Gasteiger partial charge in [0.25, 0.3) is 0 Å². The highest BCUT2D eigenvalue weighted by Crippen LogP contribution is 2.17. The first-order valence-corrected chi connectivity index (χ1v) is 3.42. The first kappa shape index (κ1) is 7.41. The average molecular weight is 143 g/mol. The van der Waals surface area contributed by atoms with Crippen LogP contribution in [0.3, 0.4) is 0 Å². The van der Waals surface area contributed by atoms with Gasteiger partial charge < -0.3 is 14.7 Å². The smallest absolute Gasteiger partial charge is 0.161 e. The molecule has 0 unspecified atom stereocenters. The van der Waals surface area contributed by atoms with Gasteiger partial charge in [-0.1, -0.05) is 0 Å². The summed E-state index contributed by atoms with van der Waals surface area (Å²) in [5.74, 6) is 0.966. The van der Waals surface area contributed by atoms with Crippen molar-refractivity contribution in [3.05, 3.63) is 11.5 Å². The number of rotatable bonds is 2. The highest BCUT2D eigenvalue weighted by atomic mass is 16.5. The Labute approximate surface area is 60.9 Å². The Morgan fingerprint density at radius 1 is 1.60 bits per heavy atom. The molecule has 0 saturated carbocycles. The van der Waals surface area contributed by atoms with E-state index < -0.39 is 0 Å². The van der Waals surface area contributed by atoms with E-state index in [1.54, 1.807) is 0 Å². The van der Waals surface area contributed by atoms with Gasteiger partial charge in [-0.2, -0.15) is 0 Å². The lowest BCUT2D eigenvalue weighted by Gasteiger charge is -2.14. The molecule has 10 heavy (non-hydrogen) atoms. The summed E-state index contributed by atoms with van der Waals surface area (Å²) in [5, 5.41) is 8.61. The molecule has 1 aliphatic rings. The summed E-state index contributed by atoms with van der Waals surface area (Å²) in [5.41, 5.74) is 1.13. The van der Waals surface area contributed by atoms with Crippen molar-refractivity contribution >= 4 is 0 Å². The van der Waals surface area contributed by atoms with Crippen LogP contribution in [0.5, 0.6) is 0 Å². The molecule has 0 aromatic heterocycles. The molecule has 0 radical (unpaired) electrons. The number of ether oxygens (including phenoxy) is 1. The third-order valence-electron chi connectivity index (χ3n) is 1.79. The number of β-amino-alcohol motifs (C(OH)–C–C–N with tert-alkyl or cyclic N) is 1. The molecule has 0 saturated heterocycles. The second-order valence-corrected chi connectivity index (χ2v) is 2.40. The van der Waals surface area contributed by atoms with Gasteiger partial charge in [-0.05, 0) is 13.8 Å². The maximum atomic E-state index is 8.61. The van der Waals surface area contributed by atoms with E-state index in [2.05, 4.69) is 0 Å². The molecule has 3 nitrogen and oxygen atoms in total. The molecule has 1 rings (SSSR count). The third kappa shape index (κ3) is 1.24. The third-order valence-corrected chi connectivity index (χ3v) is 1.79. The normalized spacial score (nSPS) is 18.1. The number of aliphatic hydroxyl groups is 1. The van der Waals surface area contributed by atoms with Gasteiger partial charge in [0, 0.05) is 6.54 Å². The van der Waals surface area contributed by atoms with Gasteiger partial charge in [-0.25, -0.2) is 0 Å². The molecular formula is C7H13NO2. The van der Waals surface area contributed by atoms with Crippen LogP contribution in [0.2, 0.25) is 0 Å². The lowest BCUT2D eigenvalue weighted by atomic mass is 10.4. The number of allylic oxidation sites excluding steroid dienone is 2. The molecule has 58 valence electrons. The van der Waals surface area contributed by atoms with Crippen LogP contribution < -0.4 is 0 Å². The van der Waals surface area contributed by atoms with Crippen LogP contribution in [-0.2, 0) is 4.74 Å². The van der Waals surface area contributed by atoms with Crippen LogP contribution >= 0.6 is 0 Å². The second kappa shape index (κ2) is 2.92. The van der Waals surface area contributed by atoms with E-state index in [0.29, 0.717) is 13.3 Å². The molecule has 0 atom stereocenters. The van der Waals surface area contributed by atoms with Crippen molar-refractivity contribution in [3.63, 3.8) is 0 Å². The SMILES string of the molecule is CC1=C(C)N(CCO)CO1. The summed E-state index contributed by atoms with van der Waals surface area (Å²) >= 11 is 0. The summed E-state index contributed by atoms with van der Waals surface area (Å²) in [6.45, 7) is 5.39. The highest BCUT2D eigenvalue weighted by molar-refractivity contribution is 5.05. The zero-order valence-electron chi connectivity index (χ0n) is 6.42. The topological polar surface area (TPSA) is 32.7 Å². The molecule has 0 spiro atoms. The Balaban J connectivity index is 2.50. The van der Waals surface area contributed by atoms with Crippen LogP contribution in [0.1, 0.15) is 13.8 Å².